The molecule has 1 N–H and O–H groups in total. The van der Waals surface area contributed by atoms with E-state index in [1.807, 2.05) is 0 Å². The van der Waals surface area contributed by atoms with Gasteiger partial charge in [0.1, 0.15) is 0 Å². The van der Waals surface area contributed by atoms with Crippen molar-refractivity contribution >= 4 is 26.6 Å². The highest BCUT2D eigenvalue weighted by Crippen LogP contribution is 2.34. The zero-order chi connectivity index (χ0) is 18.2. The summed E-state index contributed by atoms with van der Waals surface area (Å²) in [5.41, 5.74) is -0.757. The van der Waals surface area contributed by atoms with Crippen LogP contribution >= 0.6 is 0 Å². The van der Waals surface area contributed by atoms with Crippen molar-refractivity contribution in [2.24, 2.45) is 0 Å². The van der Waals surface area contributed by atoms with Crippen LogP contribution in [0, 0.1) is 6.92 Å². The summed E-state index contributed by atoms with van der Waals surface area (Å²) in [6, 6.07) is 9.93. The van der Waals surface area contributed by atoms with Gasteiger partial charge in [-0.15, -0.1) is 0 Å². The van der Waals surface area contributed by atoms with Crippen molar-refractivity contribution in [2.45, 2.75) is 18.1 Å². The number of hydrogen-bond donors (Lipinski definition) is 1. The zero-order valence-electron chi connectivity index (χ0n) is 12.9. The van der Waals surface area contributed by atoms with Crippen LogP contribution in [0.1, 0.15) is 11.3 Å². The molecule has 130 valence electrons. The monoisotopic (exact) mass is 367 g/mol. The number of alkyl halides is 3. The minimum atomic E-state index is -4.85. The Hall–Kier alpha value is -2.68. The van der Waals surface area contributed by atoms with Crippen molar-refractivity contribution in [3.63, 3.8) is 0 Å². The molecule has 0 aliphatic carbocycles. The number of aryl methyl sites for hydroxylation is 1. The maximum absolute atomic E-state index is 13.2. The number of benzene rings is 1. The van der Waals surface area contributed by atoms with E-state index in [1.54, 1.807) is 24.3 Å². The molecule has 0 saturated heterocycles. The van der Waals surface area contributed by atoms with Gasteiger partial charge in [-0.1, -0.05) is 18.2 Å². The molecule has 0 radical (unpaired) electrons. The highest BCUT2D eigenvalue weighted by molar-refractivity contribution is 7.92. The maximum atomic E-state index is 13.2. The van der Waals surface area contributed by atoms with Gasteiger partial charge >= 0.3 is 6.18 Å². The summed E-state index contributed by atoms with van der Waals surface area (Å²) in [6.45, 7) is 1.42. The van der Waals surface area contributed by atoms with Gasteiger partial charge in [0.25, 0.3) is 10.0 Å². The van der Waals surface area contributed by atoms with E-state index in [9.17, 15) is 21.6 Å². The summed E-state index contributed by atoms with van der Waals surface area (Å²) in [5.74, 6) is 0. The summed E-state index contributed by atoms with van der Waals surface area (Å²) in [7, 11) is -4.56. The second-order valence-corrected chi connectivity index (χ2v) is 6.89. The molecule has 0 amide bonds. The van der Waals surface area contributed by atoms with Crippen LogP contribution in [-0.2, 0) is 16.2 Å². The van der Waals surface area contributed by atoms with Gasteiger partial charge in [0.2, 0.25) is 0 Å². The summed E-state index contributed by atoms with van der Waals surface area (Å²) in [6.07, 6.45) is -3.38. The molecule has 3 rings (SSSR count). The van der Waals surface area contributed by atoms with Gasteiger partial charge in [-0.05, 0) is 31.2 Å². The van der Waals surface area contributed by atoms with Crippen molar-refractivity contribution in [1.82, 2.24) is 9.97 Å². The lowest BCUT2D eigenvalue weighted by molar-refractivity contribution is -0.140. The highest BCUT2D eigenvalue weighted by atomic mass is 32.2. The minimum absolute atomic E-state index is 0.0783. The van der Waals surface area contributed by atoms with Crippen LogP contribution < -0.4 is 4.72 Å². The molecule has 0 spiro atoms. The van der Waals surface area contributed by atoms with E-state index < -0.39 is 26.8 Å². The quantitative estimate of drug-likeness (QED) is 0.765. The van der Waals surface area contributed by atoms with Crippen LogP contribution in [-0.4, -0.2) is 18.4 Å². The van der Waals surface area contributed by atoms with E-state index >= 15 is 0 Å². The normalized spacial score (nSPS) is 12.3. The largest absolute Gasteiger partial charge is 0.419 e. The topological polar surface area (TPSA) is 72.0 Å². The standard InChI is InChI=1S/C16H12F3N3O2S/c1-10-7-8-12(16(17,18)19)15(21-10)25(23,24)22-13-6-2-4-11-5-3-9-20-14(11)13/h2-9,22H,1H3. The molecule has 0 aliphatic rings. The van der Waals surface area contributed by atoms with E-state index in [1.165, 1.54) is 19.2 Å². The molecule has 5 nitrogen and oxygen atoms in total. The van der Waals surface area contributed by atoms with Gasteiger partial charge in [0.05, 0.1) is 16.8 Å². The molecule has 3 aromatic rings. The number of pyridine rings is 2. The first-order valence-corrected chi connectivity index (χ1v) is 8.58. The Morgan fingerprint density at radius 1 is 1.04 bits per heavy atom. The number of halogens is 3. The number of para-hydroxylation sites is 1. The van der Waals surface area contributed by atoms with Gasteiger partial charge < -0.3 is 0 Å². The Balaban J connectivity index is 2.13. The van der Waals surface area contributed by atoms with Crippen LogP contribution in [0.25, 0.3) is 10.9 Å². The van der Waals surface area contributed by atoms with Crippen LogP contribution in [0.4, 0.5) is 18.9 Å². The van der Waals surface area contributed by atoms with E-state index in [0.717, 1.165) is 6.07 Å². The van der Waals surface area contributed by atoms with Gasteiger partial charge in [0.15, 0.2) is 5.03 Å². The van der Waals surface area contributed by atoms with Crippen LogP contribution in [0.3, 0.4) is 0 Å². The Morgan fingerprint density at radius 2 is 1.76 bits per heavy atom. The fraction of sp³-hybridized carbons (Fsp3) is 0.125. The average molecular weight is 367 g/mol. The second kappa shape index (κ2) is 5.99. The fourth-order valence-electron chi connectivity index (χ4n) is 2.33. The Labute approximate surface area is 141 Å². The number of sulfonamides is 1. The van der Waals surface area contributed by atoms with Gasteiger partial charge in [-0.3, -0.25) is 9.71 Å². The summed E-state index contributed by atoms with van der Waals surface area (Å²) >= 11 is 0. The molecule has 0 aliphatic heterocycles. The van der Waals surface area contributed by atoms with Crippen molar-refractivity contribution in [1.29, 1.82) is 0 Å². The molecular weight excluding hydrogens is 355 g/mol. The molecule has 2 aromatic heterocycles. The molecule has 0 unspecified atom stereocenters. The third-order valence-electron chi connectivity index (χ3n) is 3.44. The minimum Gasteiger partial charge on any atom is -0.276 e. The molecule has 0 bridgehead atoms. The highest BCUT2D eigenvalue weighted by Gasteiger charge is 2.38. The fourth-order valence-corrected chi connectivity index (χ4v) is 3.62. The lowest BCUT2D eigenvalue weighted by Gasteiger charge is -2.14. The maximum Gasteiger partial charge on any atom is 0.419 e. The van der Waals surface area contributed by atoms with Crippen LogP contribution in [0.5, 0.6) is 0 Å². The third-order valence-corrected chi connectivity index (χ3v) is 4.75. The SMILES string of the molecule is Cc1ccc(C(F)(F)F)c(S(=O)(=O)Nc2cccc3cccnc23)n1. The first kappa shape index (κ1) is 17.2. The van der Waals surface area contributed by atoms with Crippen LogP contribution in [0.2, 0.25) is 0 Å². The lowest BCUT2D eigenvalue weighted by Crippen LogP contribution is -2.21. The van der Waals surface area contributed by atoms with E-state index in [2.05, 4.69) is 14.7 Å². The number of anilines is 1. The van der Waals surface area contributed by atoms with E-state index in [-0.39, 0.29) is 11.4 Å². The number of nitrogens with zero attached hydrogens (tertiary/aromatic N) is 2. The summed E-state index contributed by atoms with van der Waals surface area (Å²) < 4.78 is 66.8. The van der Waals surface area contributed by atoms with E-state index in [0.29, 0.717) is 17.0 Å². The molecule has 25 heavy (non-hydrogen) atoms. The Kier molecular flexibility index (Phi) is 4.11. The van der Waals surface area contributed by atoms with Crippen molar-refractivity contribution in [2.75, 3.05) is 4.72 Å². The number of hydrogen-bond acceptors (Lipinski definition) is 4. The molecule has 1 aromatic carbocycles. The number of fused-ring (bicyclic) bond motifs is 1. The molecule has 9 heteroatoms. The average Bonchev–Trinajstić information content (AvgIpc) is 2.54. The van der Waals surface area contributed by atoms with Gasteiger partial charge in [0, 0.05) is 17.3 Å². The molecule has 0 saturated carbocycles. The molecular formula is C16H12F3N3O2S. The smallest absolute Gasteiger partial charge is 0.276 e. The van der Waals surface area contributed by atoms with Crippen molar-refractivity contribution in [3.8, 4) is 0 Å². The Bertz CT molecular complexity index is 1040. The number of nitrogens with one attached hydrogen (secondary N) is 1. The molecule has 0 atom stereocenters. The third kappa shape index (κ3) is 3.41. The van der Waals surface area contributed by atoms with Crippen molar-refractivity contribution < 1.29 is 21.6 Å². The number of aromatic nitrogens is 2. The number of rotatable bonds is 3. The second-order valence-electron chi connectivity index (χ2n) is 5.29. The first-order valence-electron chi connectivity index (χ1n) is 7.10. The Morgan fingerprint density at radius 3 is 2.48 bits per heavy atom. The van der Waals surface area contributed by atoms with Crippen molar-refractivity contribution in [3.05, 3.63) is 59.9 Å². The zero-order valence-corrected chi connectivity index (χ0v) is 13.7. The predicted octanol–water partition coefficient (Wildman–Crippen LogP) is 3.76. The molecule has 0 fully saturated rings. The first-order chi connectivity index (χ1) is 11.7. The van der Waals surface area contributed by atoms with Crippen LogP contribution in [0.15, 0.2) is 53.7 Å². The van der Waals surface area contributed by atoms with Gasteiger partial charge in [-0.25, -0.2) is 4.98 Å². The van der Waals surface area contributed by atoms with Gasteiger partial charge in [-0.2, -0.15) is 21.6 Å². The van der Waals surface area contributed by atoms with E-state index in [4.69, 9.17) is 0 Å². The lowest BCUT2D eigenvalue weighted by atomic mass is 10.2. The summed E-state index contributed by atoms with van der Waals surface area (Å²) in [4.78, 5) is 7.67. The predicted molar refractivity (Wildman–Crippen MR) is 86.5 cm³/mol. The molecule has 2 heterocycles. The summed E-state index contributed by atoms with van der Waals surface area (Å²) in [5, 5.41) is -0.413.